The van der Waals surface area contributed by atoms with Crippen LogP contribution in [0.15, 0.2) is 0 Å². The molecule has 88 valence electrons. The van der Waals surface area contributed by atoms with Gasteiger partial charge in [0.05, 0.1) is 0 Å². The van der Waals surface area contributed by atoms with Gasteiger partial charge < -0.3 is 10.0 Å². The number of carbonyl (C=O) groups is 2. The fourth-order valence-corrected chi connectivity index (χ4v) is 1.35. The largest absolute Gasteiger partial charge is 0.481 e. The van der Waals surface area contributed by atoms with Gasteiger partial charge in [-0.2, -0.15) is 0 Å². The van der Waals surface area contributed by atoms with Crippen LogP contribution in [-0.2, 0) is 9.59 Å². The Balaban J connectivity index is 3.66. The molecule has 0 aromatic heterocycles. The highest BCUT2D eigenvalue weighted by Gasteiger charge is 2.07. The molecule has 0 aromatic carbocycles. The summed E-state index contributed by atoms with van der Waals surface area (Å²) in [7, 11) is 0. The molecule has 0 aliphatic rings. The average Bonchev–Trinajstić information content (AvgIpc) is 2.15. The third-order valence-electron chi connectivity index (χ3n) is 2.30. The Morgan fingerprint density at radius 2 is 1.73 bits per heavy atom. The van der Waals surface area contributed by atoms with E-state index in [0.29, 0.717) is 13.0 Å². The van der Waals surface area contributed by atoms with E-state index < -0.39 is 5.97 Å². The molecule has 0 rings (SSSR count). The van der Waals surface area contributed by atoms with Crippen molar-refractivity contribution in [2.75, 3.05) is 13.1 Å². The molecule has 4 heteroatoms. The first-order valence-electron chi connectivity index (χ1n) is 5.55. The molecule has 0 heterocycles. The number of nitrogens with zero attached hydrogens (tertiary/aromatic N) is 1. The number of hydrogen-bond donors (Lipinski definition) is 1. The van der Waals surface area contributed by atoms with Crippen molar-refractivity contribution in [2.24, 2.45) is 0 Å². The molecule has 1 N–H and O–H groups in total. The average molecular weight is 215 g/mol. The van der Waals surface area contributed by atoms with E-state index in [1.165, 1.54) is 0 Å². The Morgan fingerprint density at radius 3 is 2.20 bits per heavy atom. The van der Waals surface area contributed by atoms with Crippen molar-refractivity contribution in [1.82, 2.24) is 4.90 Å². The third kappa shape index (κ3) is 7.97. The van der Waals surface area contributed by atoms with Gasteiger partial charge in [-0.3, -0.25) is 9.59 Å². The molecule has 0 saturated carbocycles. The van der Waals surface area contributed by atoms with E-state index in [1.807, 2.05) is 0 Å². The summed E-state index contributed by atoms with van der Waals surface area (Å²) < 4.78 is 0. The van der Waals surface area contributed by atoms with Crippen molar-refractivity contribution in [2.45, 2.75) is 46.0 Å². The van der Waals surface area contributed by atoms with E-state index >= 15 is 0 Å². The highest BCUT2D eigenvalue weighted by Crippen LogP contribution is 2.01. The number of carboxylic acids is 1. The van der Waals surface area contributed by atoms with Crippen LogP contribution < -0.4 is 0 Å². The van der Waals surface area contributed by atoms with Crippen LogP contribution >= 0.6 is 0 Å². The molecule has 1 amide bonds. The van der Waals surface area contributed by atoms with E-state index in [0.717, 1.165) is 25.8 Å². The molecule has 0 aliphatic heterocycles. The molecular formula is C11H21NO3. The molecule has 0 saturated heterocycles. The van der Waals surface area contributed by atoms with Gasteiger partial charge in [-0.15, -0.1) is 0 Å². The number of carbonyl (C=O) groups excluding carboxylic acids is 1. The fraction of sp³-hybridized carbons (Fsp3) is 0.818. The minimum atomic E-state index is -0.766. The van der Waals surface area contributed by atoms with Gasteiger partial charge in [0, 0.05) is 26.4 Å². The first-order chi connectivity index (χ1) is 7.07. The van der Waals surface area contributed by atoms with Gasteiger partial charge in [-0.05, 0) is 19.3 Å². The molecule has 0 atom stereocenters. The predicted molar refractivity (Wildman–Crippen MR) is 58.6 cm³/mol. The van der Waals surface area contributed by atoms with Gasteiger partial charge in [0.25, 0.3) is 0 Å². The molecule has 4 nitrogen and oxygen atoms in total. The Hall–Kier alpha value is -1.06. The Morgan fingerprint density at radius 1 is 1.13 bits per heavy atom. The van der Waals surface area contributed by atoms with Gasteiger partial charge in [0.1, 0.15) is 0 Å². The maximum atomic E-state index is 11.2. The Bertz CT molecular complexity index is 204. The summed E-state index contributed by atoms with van der Waals surface area (Å²) >= 11 is 0. The Kier molecular flexibility index (Phi) is 7.68. The molecule has 0 unspecified atom stereocenters. The van der Waals surface area contributed by atoms with Crippen LogP contribution in [0.5, 0.6) is 0 Å². The number of carboxylic acid groups (broad SMARTS) is 1. The predicted octanol–water partition coefficient (Wildman–Crippen LogP) is 1.89. The van der Waals surface area contributed by atoms with Gasteiger partial charge >= 0.3 is 5.97 Å². The molecule has 15 heavy (non-hydrogen) atoms. The highest BCUT2D eigenvalue weighted by atomic mass is 16.4. The standard InChI is InChI=1S/C11H21NO3/c1-3-4-8-12(10(2)13)9-6-5-7-11(14)15/h3-9H2,1-2H3,(H,14,15). The number of rotatable bonds is 8. The van der Waals surface area contributed by atoms with Crippen LogP contribution in [0.4, 0.5) is 0 Å². The molecule has 0 radical (unpaired) electrons. The van der Waals surface area contributed by atoms with Gasteiger partial charge in [0.15, 0.2) is 0 Å². The molecule has 0 fully saturated rings. The molecule has 0 aromatic rings. The lowest BCUT2D eigenvalue weighted by Crippen LogP contribution is -2.30. The minimum Gasteiger partial charge on any atom is -0.481 e. The zero-order valence-corrected chi connectivity index (χ0v) is 9.66. The van der Waals surface area contributed by atoms with Crippen LogP contribution in [0.2, 0.25) is 0 Å². The molecular weight excluding hydrogens is 194 g/mol. The second-order valence-electron chi connectivity index (χ2n) is 3.71. The summed E-state index contributed by atoms with van der Waals surface area (Å²) in [4.78, 5) is 23.3. The fourth-order valence-electron chi connectivity index (χ4n) is 1.35. The van der Waals surface area contributed by atoms with Gasteiger partial charge in [-0.25, -0.2) is 0 Å². The van der Waals surface area contributed by atoms with E-state index in [4.69, 9.17) is 5.11 Å². The zero-order chi connectivity index (χ0) is 11.7. The number of aliphatic carboxylic acids is 1. The first kappa shape index (κ1) is 13.9. The van der Waals surface area contributed by atoms with Crippen molar-refractivity contribution in [3.8, 4) is 0 Å². The van der Waals surface area contributed by atoms with Crippen molar-refractivity contribution in [1.29, 1.82) is 0 Å². The first-order valence-corrected chi connectivity index (χ1v) is 5.55. The lowest BCUT2D eigenvalue weighted by molar-refractivity contribution is -0.137. The lowest BCUT2D eigenvalue weighted by Gasteiger charge is -2.20. The topological polar surface area (TPSA) is 57.6 Å². The minimum absolute atomic E-state index is 0.0822. The maximum Gasteiger partial charge on any atom is 0.303 e. The normalized spacial score (nSPS) is 10.0. The van der Waals surface area contributed by atoms with Crippen molar-refractivity contribution < 1.29 is 14.7 Å². The number of amides is 1. The van der Waals surface area contributed by atoms with E-state index in [9.17, 15) is 9.59 Å². The second-order valence-corrected chi connectivity index (χ2v) is 3.71. The Labute approximate surface area is 91.3 Å². The van der Waals surface area contributed by atoms with Gasteiger partial charge in [0.2, 0.25) is 5.91 Å². The zero-order valence-electron chi connectivity index (χ0n) is 9.66. The second kappa shape index (κ2) is 8.26. The lowest BCUT2D eigenvalue weighted by atomic mass is 10.2. The summed E-state index contributed by atoms with van der Waals surface area (Å²) in [6.07, 6.45) is 3.69. The highest BCUT2D eigenvalue weighted by molar-refractivity contribution is 5.73. The van der Waals surface area contributed by atoms with Crippen molar-refractivity contribution >= 4 is 11.9 Å². The summed E-state index contributed by atoms with van der Waals surface area (Å²) in [5, 5.41) is 8.45. The van der Waals surface area contributed by atoms with E-state index in [-0.39, 0.29) is 12.3 Å². The third-order valence-corrected chi connectivity index (χ3v) is 2.30. The quantitative estimate of drug-likeness (QED) is 0.629. The smallest absolute Gasteiger partial charge is 0.303 e. The maximum absolute atomic E-state index is 11.2. The van der Waals surface area contributed by atoms with Crippen LogP contribution in [0, 0.1) is 0 Å². The summed E-state index contributed by atoms with van der Waals surface area (Å²) in [5.74, 6) is -0.684. The van der Waals surface area contributed by atoms with Crippen molar-refractivity contribution in [3.05, 3.63) is 0 Å². The van der Waals surface area contributed by atoms with Crippen LogP contribution in [0.25, 0.3) is 0 Å². The number of hydrogen-bond acceptors (Lipinski definition) is 2. The molecule has 0 aliphatic carbocycles. The van der Waals surface area contributed by atoms with Gasteiger partial charge in [-0.1, -0.05) is 13.3 Å². The van der Waals surface area contributed by atoms with E-state index in [2.05, 4.69) is 6.92 Å². The van der Waals surface area contributed by atoms with E-state index in [1.54, 1.807) is 11.8 Å². The van der Waals surface area contributed by atoms with Crippen LogP contribution in [0.1, 0.15) is 46.0 Å². The summed E-state index contributed by atoms with van der Waals surface area (Å²) in [5.41, 5.74) is 0. The summed E-state index contributed by atoms with van der Waals surface area (Å²) in [6.45, 7) is 5.12. The monoisotopic (exact) mass is 215 g/mol. The van der Waals surface area contributed by atoms with Crippen LogP contribution in [-0.4, -0.2) is 35.0 Å². The molecule has 0 bridgehead atoms. The molecule has 0 spiro atoms. The van der Waals surface area contributed by atoms with Crippen LogP contribution in [0.3, 0.4) is 0 Å². The SMILES string of the molecule is CCCCN(CCCCC(=O)O)C(C)=O. The number of unbranched alkanes of at least 4 members (excludes halogenated alkanes) is 2. The van der Waals surface area contributed by atoms with Crippen molar-refractivity contribution in [3.63, 3.8) is 0 Å². The summed E-state index contributed by atoms with van der Waals surface area (Å²) in [6, 6.07) is 0.